The maximum atomic E-state index is 12.2. The number of benzene rings is 2. The lowest BCUT2D eigenvalue weighted by molar-refractivity contribution is -0.384. The molecule has 0 bridgehead atoms. The standard InChI is InChI=1S/C16H16N2O4/c1-2-17(13-7-4-3-5-8-13)16(19)12-22-15-10-6-9-14(11-15)18(20)21/h3-11H,2,12H2,1H3. The third-order valence-electron chi connectivity index (χ3n) is 3.08. The summed E-state index contributed by atoms with van der Waals surface area (Å²) in [6, 6.07) is 15.0. The second-order valence-electron chi connectivity index (χ2n) is 4.52. The molecule has 6 heteroatoms. The second kappa shape index (κ2) is 7.21. The Bertz CT molecular complexity index is 658. The Morgan fingerprint density at radius 1 is 1.18 bits per heavy atom. The number of carbonyl (C=O) groups is 1. The van der Waals surface area contributed by atoms with Gasteiger partial charge in [-0.05, 0) is 25.1 Å². The fourth-order valence-corrected chi connectivity index (χ4v) is 2.02. The highest BCUT2D eigenvalue weighted by molar-refractivity contribution is 5.94. The molecule has 0 atom stereocenters. The molecule has 0 radical (unpaired) electrons. The van der Waals surface area contributed by atoms with Crippen molar-refractivity contribution < 1.29 is 14.5 Å². The zero-order valence-corrected chi connectivity index (χ0v) is 12.1. The molecule has 0 aliphatic heterocycles. The minimum Gasteiger partial charge on any atom is -0.483 e. The number of anilines is 1. The zero-order valence-electron chi connectivity index (χ0n) is 12.1. The third-order valence-corrected chi connectivity index (χ3v) is 3.08. The van der Waals surface area contributed by atoms with E-state index in [1.54, 1.807) is 11.0 Å². The predicted molar refractivity (Wildman–Crippen MR) is 83.1 cm³/mol. The number of ether oxygens (including phenoxy) is 1. The molecule has 1 amide bonds. The minimum absolute atomic E-state index is 0.0691. The molecule has 0 saturated carbocycles. The van der Waals surface area contributed by atoms with Gasteiger partial charge in [-0.3, -0.25) is 14.9 Å². The molecule has 2 aromatic carbocycles. The molecular weight excluding hydrogens is 284 g/mol. The van der Waals surface area contributed by atoms with Crippen LogP contribution in [0.3, 0.4) is 0 Å². The van der Waals surface area contributed by atoms with Gasteiger partial charge in [0.25, 0.3) is 11.6 Å². The predicted octanol–water partition coefficient (Wildman–Crippen LogP) is 3.03. The lowest BCUT2D eigenvalue weighted by atomic mass is 10.3. The fraction of sp³-hybridized carbons (Fsp3) is 0.188. The second-order valence-corrected chi connectivity index (χ2v) is 4.52. The van der Waals surface area contributed by atoms with Gasteiger partial charge in [-0.15, -0.1) is 0 Å². The van der Waals surface area contributed by atoms with Gasteiger partial charge in [0.2, 0.25) is 0 Å². The van der Waals surface area contributed by atoms with Crippen LogP contribution in [0.2, 0.25) is 0 Å². The minimum atomic E-state index is -0.503. The lowest BCUT2D eigenvalue weighted by Crippen LogP contribution is -2.34. The van der Waals surface area contributed by atoms with Gasteiger partial charge >= 0.3 is 0 Å². The number of carbonyl (C=O) groups excluding carboxylic acids is 1. The number of amides is 1. The lowest BCUT2D eigenvalue weighted by Gasteiger charge is -2.21. The summed E-state index contributed by atoms with van der Waals surface area (Å²) in [6.07, 6.45) is 0. The van der Waals surface area contributed by atoms with Gasteiger partial charge in [-0.2, -0.15) is 0 Å². The van der Waals surface area contributed by atoms with Crippen LogP contribution in [0.15, 0.2) is 54.6 Å². The Balaban J connectivity index is 2.03. The van der Waals surface area contributed by atoms with Crippen molar-refractivity contribution in [2.75, 3.05) is 18.1 Å². The molecule has 0 fully saturated rings. The summed E-state index contributed by atoms with van der Waals surface area (Å²) in [5.74, 6) is 0.0897. The maximum Gasteiger partial charge on any atom is 0.273 e. The number of nitro groups is 1. The number of nitro benzene ring substituents is 1. The van der Waals surface area contributed by atoms with Crippen molar-refractivity contribution in [1.29, 1.82) is 0 Å². The molecule has 6 nitrogen and oxygen atoms in total. The average Bonchev–Trinajstić information content (AvgIpc) is 2.55. The Hall–Kier alpha value is -2.89. The van der Waals surface area contributed by atoms with E-state index < -0.39 is 4.92 Å². The summed E-state index contributed by atoms with van der Waals surface area (Å²) in [7, 11) is 0. The van der Waals surface area contributed by atoms with Crippen LogP contribution in [0.25, 0.3) is 0 Å². The van der Waals surface area contributed by atoms with Crippen LogP contribution in [0.1, 0.15) is 6.92 Å². The largest absolute Gasteiger partial charge is 0.483 e. The van der Waals surface area contributed by atoms with Gasteiger partial charge in [0.15, 0.2) is 6.61 Å². The summed E-state index contributed by atoms with van der Waals surface area (Å²) in [5.41, 5.74) is 0.720. The van der Waals surface area contributed by atoms with Crippen LogP contribution in [0.4, 0.5) is 11.4 Å². The fourth-order valence-electron chi connectivity index (χ4n) is 2.02. The first-order chi connectivity index (χ1) is 10.6. The van der Waals surface area contributed by atoms with Gasteiger partial charge in [-0.1, -0.05) is 24.3 Å². The van der Waals surface area contributed by atoms with Crippen molar-refractivity contribution in [2.45, 2.75) is 6.92 Å². The van der Waals surface area contributed by atoms with Crippen LogP contribution >= 0.6 is 0 Å². The van der Waals surface area contributed by atoms with Crippen LogP contribution in [0, 0.1) is 10.1 Å². The summed E-state index contributed by atoms with van der Waals surface area (Å²) in [5, 5.41) is 10.7. The number of hydrogen-bond donors (Lipinski definition) is 0. The summed E-state index contributed by atoms with van der Waals surface area (Å²) in [4.78, 5) is 24.0. The smallest absolute Gasteiger partial charge is 0.273 e. The van der Waals surface area contributed by atoms with Gasteiger partial charge in [0, 0.05) is 18.3 Å². The van der Waals surface area contributed by atoms with Crippen LogP contribution in [-0.4, -0.2) is 24.0 Å². The monoisotopic (exact) mass is 300 g/mol. The van der Waals surface area contributed by atoms with Gasteiger partial charge in [-0.25, -0.2) is 0 Å². The molecule has 0 heterocycles. The van der Waals surface area contributed by atoms with Crippen molar-refractivity contribution in [3.05, 3.63) is 64.7 Å². The average molecular weight is 300 g/mol. The Kier molecular flexibility index (Phi) is 5.08. The van der Waals surface area contributed by atoms with Crippen molar-refractivity contribution in [2.24, 2.45) is 0 Å². The highest BCUT2D eigenvalue weighted by Crippen LogP contribution is 2.19. The van der Waals surface area contributed by atoms with E-state index in [9.17, 15) is 14.9 Å². The van der Waals surface area contributed by atoms with E-state index >= 15 is 0 Å². The Morgan fingerprint density at radius 2 is 1.91 bits per heavy atom. The molecule has 0 N–H and O–H groups in total. The third kappa shape index (κ3) is 3.82. The van der Waals surface area contributed by atoms with Crippen molar-refractivity contribution >= 4 is 17.3 Å². The quantitative estimate of drug-likeness (QED) is 0.607. The van der Waals surface area contributed by atoms with E-state index in [0.29, 0.717) is 12.3 Å². The van der Waals surface area contributed by atoms with E-state index in [1.165, 1.54) is 18.2 Å². The number of para-hydroxylation sites is 1. The first kappa shape index (κ1) is 15.5. The Labute approximate surface area is 128 Å². The van der Waals surface area contributed by atoms with Crippen molar-refractivity contribution in [3.63, 3.8) is 0 Å². The number of nitrogens with zero attached hydrogens (tertiary/aromatic N) is 2. The molecule has 114 valence electrons. The maximum absolute atomic E-state index is 12.2. The topological polar surface area (TPSA) is 72.7 Å². The normalized spacial score (nSPS) is 10.0. The summed E-state index contributed by atoms with van der Waals surface area (Å²) >= 11 is 0. The van der Waals surface area contributed by atoms with Gasteiger partial charge < -0.3 is 9.64 Å². The van der Waals surface area contributed by atoms with E-state index in [-0.39, 0.29) is 18.2 Å². The summed E-state index contributed by atoms with van der Waals surface area (Å²) in [6.45, 7) is 2.21. The zero-order chi connectivity index (χ0) is 15.9. The van der Waals surface area contributed by atoms with E-state index in [1.807, 2.05) is 37.3 Å². The van der Waals surface area contributed by atoms with Crippen LogP contribution in [-0.2, 0) is 4.79 Å². The summed E-state index contributed by atoms with van der Waals surface area (Å²) < 4.78 is 5.37. The highest BCUT2D eigenvalue weighted by Gasteiger charge is 2.15. The molecular formula is C16H16N2O4. The molecule has 22 heavy (non-hydrogen) atoms. The molecule has 0 aliphatic rings. The molecule has 0 aromatic heterocycles. The number of likely N-dealkylation sites (N-methyl/N-ethyl adjacent to an activating group) is 1. The molecule has 2 rings (SSSR count). The first-order valence-corrected chi connectivity index (χ1v) is 6.84. The SMILES string of the molecule is CCN(C(=O)COc1cccc([N+](=O)[O-])c1)c1ccccc1. The molecule has 0 aliphatic carbocycles. The van der Waals surface area contributed by atoms with Gasteiger partial charge in [0.1, 0.15) is 5.75 Å². The van der Waals surface area contributed by atoms with E-state index in [2.05, 4.69) is 0 Å². The molecule has 0 spiro atoms. The Morgan fingerprint density at radius 3 is 2.55 bits per heavy atom. The number of hydrogen-bond acceptors (Lipinski definition) is 4. The molecule has 0 saturated heterocycles. The van der Waals surface area contributed by atoms with Crippen LogP contribution in [0.5, 0.6) is 5.75 Å². The van der Waals surface area contributed by atoms with Crippen LogP contribution < -0.4 is 9.64 Å². The molecule has 0 unspecified atom stereocenters. The van der Waals surface area contributed by atoms with Gasteiger partial charge in [0.05, 0.1) is 11.0 Å². The molecule has 2 aromatic rings. The van der Waals surface area contributed by atoms with Crippen molar-refractivity contribution in [3.8, 4) is 5.75 Å². The first-order valence-electron chi connectivity index (χ1n) is 6.84. The van der Waals surface area contributed by atoms with E-state index in [4.69, 9.17) is 4.74 Å². The number of non-ortho nitro benzene ring substituents is 1. The van der Waals surface area contributed by atoms with E-state index in [0.717, 1.165) is 5.69 Å². The number of rotatable bonds is 6. The highest BCUT2D eigenvalue weighted by atomic mass is 16.6. The van der Waals surface area contributed by atoms with Crippen molar-refractivity contribution in [1.82, 2.24) is 0 Å².